The minimum absolute atomic E-state index is 0.171. The summed E-state index contributed by atoms with van der Waals surface area (Å²) in [5.41, 5.74) is 0. The Morgan fingerprint density at radius 1 is 1.10 bits per heavy atom. The van der Waals surface area contributed by atoms with Crippen LogP contribution in [0.2, 0.25) is 0 Å². The summed E-state index contributed by atoms with van der Waals surface area (Å²) in [6.45, 7) is 10.1. The maximum absolute atomic E-state index is 6.61. The molecule has 1 aromatic rings. The largest absolute Gasteiger partial charge is 0.394 e. The van der Waals surface area contributed by atoms with Crippen LogP contribution in [0.4, 0.5) is 5.95 Å². The second-order valence-electron chi connectivity index (χ2n) is 1.84. The Kier molecular flexibility index (Phi) is 1.59. The predicted octanol–water partition coefficient (Wildman–Crippen LogP) is 1.04. The molecule has 1 rings (SSSR count). The smallest absolute Gasteiger partial charge is 0.374 e. The average molecular weight is 134 g/mol. The molecular formula is C6H6N4. The van der Waals surface area contributed by atoms with Crippen LogP contribution in [0.5, 0.6) is 0 Å². The summed E-state index contributed by atoms with van der Waals surface area (Å²) in [5.74, 6) is 1.36. The fourth-order valence-corrected chi connectivity index (χ4v) is 0.649. The molecule has 0 radical (unpaired) electrons. The van der Waals surface area contributed by atoms with Gasteiger partial charge in [0.1, 0.15) is 0 Å². The first-order valence-electron chi connectivity index (χ1n) is 2.79. The second kappa shape index (κ2) is 2.40. The molecule has 1 aromatic heterocycles. The van der Waals surface area contributed by atoms with Gasteiger partial charge in [0.15, 0.2) is 11.6 Å². The number of hydrogen-bond acceptors (Lipinski definition) is 3. The van der Waals surface area contributed by atoms with Gasteiger partial charge in [0.25, 0.3) is 0 Å². The topological polar surface area (TPSA) is 43.0 Å². The summed E-state index contributed by atoms with van der Waals surface area (Å²) >= 11 is 0. The van der Waals surface area contributed by atoms with Gasteiger partial charge in [-0.15, -0.1) is 16.5 Å². The Labute approximate surface area is 58.8 Å². The summed E-state index contributed by atoms with van der Waals surface area (Å²) in [5, 5.41) is 0. The number of aryl methyl sites for hydroxylation is 2. The molecule has 10 heavy (non-hydrogen) atoms. The molecule has 0 spiro atoms. The Balaban J connectivity index is 3.22. The molecule has 0 aliphatic carbocycles. The Hall–Kier alpha value is -1.50. The van der Waals surface area contributed by atoms with E-state index in [0.29, 0.717) is 11.6 Å². The van der Waals surface area contributed by atoms with Gasteiger partial charge in [-0.1, -0.05) is 0 Å². The molecule has 50 valence electrons. The van der Waals surface area contributed by atoms with Crippen molar-refractivity contribution in [2.24, 2.45) is 0 Å². The van der Waals surface area contributed by atoms with Crippen LogP contribution in [0.3, 0.4) is 0 Å². The van der Waals surface area contributed by atoms with Gasteiger partial charge < -0.3 is 4.85 Å². The first kappa shape index (κ1) is 6.62. The summed E-state index contributed by atoms with van der Waals surface area (Å²) in [6, 6.07) is 0. The zero-order valence-electron chi connectivity index (χ0n) is 5.79. The summed E-state index contributed by atoms with van der Waals surface area (Å²) in [7, 11) is 0. The molecule has 4 heteroatoms. The van der Waals surface area contributed by atoms with Gasteiger partial charge in [-0.3, -0.25) is 0 Å². The number of aromatic nitrogens is 3. The molecule has 0 unspecified atom stereocenters. The lowest BCUT2D eigenvalue weighted by atomic mass is 10.6. The quantitative estimate of drug-likeness (QED) is 0.498. The van der Waals surface area contributed by atoms with Crippen LogP contribution in [0.1, 0.15) is 11.6 Å². The van der Waals surface area contributed by atoms with Crippen LogP contribution in [-0.4, -0.2) is 15.0 Å². The summed E-state index contributed by atoms with van der Waals surface area (Å²) in [6.07, 6.45) is 0. The Morgan fingerprint density at radius 3 is 2.00 bits per heavy atom. The van der Waals surface area contributed by atoms with Gasteiger partial charge in [-0.05, 0) is 0 Å². The molecule has 0 aliphatic heterocycles. The van der Waals surface area contributed by atoms with Crippen LogP contribution in [0, 0.1) is 20.4 Å². The van der Waals surface area contributed by atoms with E-state index in [9.17, 15) is 0 Å². The lowest BCUT2D eigenvalue weighted by molar-refractivity contribution is 0.938. The lowest BCUT2D eigenvalue weighted by Crippen LogP contribution is -1.93. The van der Waals surface area contributed by atoms with E-state index < -0.39 is 0 Å². The van der Waals surface area contributed by atoms with Crippen LogP contribution >= 0.6 is 0 Å². The molecule has 0 saturated heterocycles. The third-order valence-electron chi connectivity index (χ3n) is 0.947. The molecular weight excluding hydrogens is 128 g/mol. The normalized spacial score (nSPS) is 8.90. The van der Waals surface area contributed by atoms with E-state index in [1.165, 1.54) is 0 Å². The SMILES string of the molecule is [C-]#[N+]c1nc(C)nc(C)n1. The van der Waals surface area contributed by atoms with E-state index in [2.05, 4.69) is 19.8 Å². The van der Waals surface area contributed by atoms with Gasteiger partial charge in [0.05, 0.1) is 0 Å². The van der Waals surface area contributed by atoms with Crippen molar-refractivity contribution in [1.29, 1.82) is 0 Å². The number of hydrogen-bond donors (Lipinski definition) is 0. The molecule has 0 fully saturated rings. The van der Waals surface area contributed by atoms with E-state index in [0.717, 1.165) is 0 Å². The fraction of sp³-hybridized carbons (Fsp3) is 0.333. The maximum Gasteiger partial charge on any atom is 0.374 e. The van der Waals surface area contributed by atoms with Gasteiger partial charge in [-0.25, -0.2) is 0 Å². The Bertz CT molecular complexity index is 266. The molecule has 1 heterocycles. The molecule has 0 aliphatic rings. The van der Waals surface area contributed by atoms with Crippen molar-refractivity contribution in [1.82, 2.24) is 15.0 Å². The highest BCUT2D eigenvalue weighted by molar-refractivity contribution is 5.24. The minimum Gasteiger partial charge on any atom is -0.394 e. The maximum atomic E-state index is 6.61. The lowest BCUT2D eigenvalue weighted by Gasteiger charge is -1.89. The van der Waals surface area contributed by atoms with E-state index in [1.54, 1.807) is 13.8 Å². The number of rotatable bonds is 0. The van der Waals surface area contributed by atoms with Crippen molar-refractivity contribution in [3.63, 3.8) is 0 Å². The average Bonchev–Trinajstić information content (AvgIpc) is 1.85. The van der Waals surface area contributed by atoms with Crippen molar-refractivity contribution < 1.29 is 0 Å². The monoisotopic (exact) mass is 134 g/mol. The van der Waals surface area contributed by atoms with Crippen LogP contribution in [-0.2, 0) is 0 Å². The zero-order chi connectivity index (χ0) is 7.56. The fourth-order valence-electron chi connectivity index (χ4n) is 0.649. The molecule has 0 saturated carbocycles. The molecule has 0 bridgehead atoms. The molecule has 0 amide bonds. The van der Waals surface area contributed by atoms with Crippen molar-refractivity contribution in [2.75, 3.05) is 0 Å². The highest BCUT2D eigenvalue weighted by atomic mass is 15.1. The molecule has 0 atom stereocenters. The van der Waals surface area contributed by atoms with Crippen LogP contribution in [0.15, 0.2) is 0 Å². The highest BCUT2D eigenvalue weighted by Gasteiger charge is 1.99. The predicted molar refractivity (Wildman–Crippen MR) is 35.6 cm³/mol. The zero-order valence-corrected chi connectivity index (χ0v) is 5.79. The van der Waals surface area contributed by atoms with Crippen molar-refractivity contribution in [3.8, 4) is 0 Å². The van der Waals surface area contributed by atoms with E-state index in [1.807, 2.05) is 0 Å². The second-order valence-corrected chi connectivity index (χ2v) is 1.84. The van der Waals surface area contributed by atoms with Gasteiger partial charge >= 0.3 is 5.95 Å². The molecule has 0 aromatic carbocycles. The third kappa shape index (κ3) is 1.26. The first-order chi connectivity index (χ1) is 4.72. The van der Waals surface area contributed by atoms with Crippen molar-refractivity contribution in [2.45, 2.75) is 13.8 Å². The van der Waals surface area contributed by atoms with E-state index >= 15 is 0 Å². The summed E-state index contributed by atoms with van der Waals surface area (Å²) < 4.78 is 0. The first-order valence-corrected chi connectivity index (χ1v) is 2.79. The van der Waals surface area contributed by atoms with Crippen molar-refractivity contribution in [3.05, 3.63) is 23.1 Å². The summed E-state index contributed by atoms with van der Waals surface area (Å²) in [4.78, 5) is 14.5. The van der Waals surface area contributed by atoms with Crippen LogP contribution < -0.4 is 0 Å². The molecule has 0 N–H and O–H groups in total. The van der Waals surface area contributed by atoms with E-state index in [4.69, 9.17) is 6.57 Å². The Morgan fingerprint density at radius 2 is 1.60 bits per heavy atom. The van der Waals surface area contributed by atoms with Crippen molar-refractivity contribution >= 4 is 5.95 Å². The minimum atomic E-state index is 0.171. The third-order valence-corrected chi connectivity index (χ3v) is 0.947. The number of nitrogens with zero attached hydrogens (tertiary/aromatic N) is 4. The molecule has 4 nitrogen and oxygen atoms in total. The van der Waals surface area contributed by atoms with Gasteiger partial charge in [0, 0.05) is 13.8 Å². The standard InChI is InChI=1S/C6H6N4/c1-4-8-5(2)10-6(7-3)9-4/h1-2H3. The van der Waals surface area contributed by atoms with E-state index in [-0.39, 0.29) is 5.95 Å². The highest BCUT2D eigenvalue weighted by Crippen LogP contribution is 2.01. The van der Waals surface area contributed by atoms with Crippen LogP contribution in [0.25, 0.3) is 4.85 Å². The van der Waals surface area contributed by atoms with Gasteiger partial charge in [-0.2, -0.15) is 4.98 Å². The van der Waals surface area contributed by atoms with Gasteiger partial charge in [0.2, 0.25) is 0 Å².